The number of alkyl halides is 2. The molecule has 0 aliphatic carbocycles. The number of hydrazone groups is 1. The summed E-state index contributed by atoms with van der Waals surface area (Å²) in [6.45, 7) is 6.21. The van der Waals surface area contributed by atoms with Gasteiger partial charge in [-0.05, 0) is 6.72 Å². The number of halogens is 2. The Hall–Kier alpha value is -1.51. The fourth-order valence-corrected chi connectivity index (χ4v) is 0.906. The molecule has 0 heterocycles. The highest BCUT2D eigenvalue weighted by atomic mass is 32.2. The van der Waals surface area contributed by atoms with Crippen molar-refractivity contribution >= 4 is 23.8 Å². The predicted molar refractivity (Wildman–Crippen MR) is 53.3 cm³/mol. The molecule has 0 rings (SSSR count). The third-order valence-corrected chi connectivity index (χ3v) is 1.53. The van der Waals surface area contributed by atoms with Gasteiger partial charge in [0.25, 0.3) is 6.43 Å². The van der Waals surface area contributed by atoms with Gasteiger partial charge < -0.3 is 0 Å². The van der Waals surface area contributed by atoms with Crippen LogP contribution in [0, 0.1) is 0 Å². The van der Waals surface area contributed by atoms with Gasteiger partial charge in [0.05, 0.1) is 6.21 Å². The number of rotatable bonds is 7. The lowest BCUT2D eigenvalue weighted by atomic mass is 10.7. The van der Waals surface area contributed by atoms with Crippen LogP contribution in [-0.4, -0.2) is 39.5 Å². The van der Waals surface area contributed by atoms with E-state index < -0.39 is 17.3 Å². The van der Waals surface area contributed by atoms with Crippen molar-refractivity contribution in [3.05, 3.63) is 12.4 Å². The molecule has 0 aromatic heterocycles. The van der Waals surface area contributed by atoms with Gasteiger partial charge >= 0.3 is 0 Å². The minimum Gasteiger partial charge on any atom is -0.277 e. The third kappa shape index (κ3) is 6.55. The summed E-state index contributed by atoms with van der Waals surface area (Å²) in [6, 6.07) is 0. The molecule has 0 bridgehead atoms. The maximum Gasteiger partial charge on any atom is 0.275 e. The number of hydrogen-bond acceptors (Lipinski definition) is 5. The highest BCUT2D eigenvalue weighted by Crippen LogP contribution is 1.99. The molecule has 86 valence electrons. The molecule has 0 aliphatic rings. The quantitative estimate of drug-likeness (QED) is 0.367. The molecule has 0 fully saturated rings. The normalized spacial score (nSPS) is 10.9. The molecular weight excluding hydrogens is 230 g/mol. The van der Waals surface area contributed by atoms with Gasteiger partial charge in [0.1, 0.15) is 12.5 Å². The SMILES string of the molecule is C=NCN(/N=C/C(F)F)C(=C)N[SH](=O)=O. The van der Waals surface area contributed by atoms with E-state index in [1.165, 1.54) is 0 Å². The molecule has 1 N–H and O–H groups in total. The zero-order valence-electron chi connectivity index (χ0n) is 7.64. The van der Waals surface area contributed by atoms with Crippen molar-refractivity contribution in [2.24, 2.45) is 10.1 Å². The monoisotopic (exact) mass is 240 g/mol. The Morgan fingerprint density at radius 1 is 1.60 bits per heavy atom. The van der Waals surface area contributed by atoms with Crippen LogP contribution in [0.4, 0.5) is 8.78 Å². The molecule has 0 radical (unpaired) electrons. The van der Waals surface area contributed by atoms with E-state index in [1.807, 2.05) is 4.72 Å². The summed E-state index contributed by atoms with van der Waals surface area (Å²) in [5.74, 6) is -0.185. The van der Waals surface area contributed by atoms with Crippen LogP contribution in [0.3, 0.4) is 0 Å². The molecular formula is C6H10F2N4O2S. The molecule has 15 heavy (non-hydrogen) atoms. The fourth-order valence-electron chi connectivity index (χ4n) is 0.580. The molecule has 9 heteroatoms. The summed E-state index contributed by atoms with van der Waals surface area (Å²) in [6.07, 6.45) is -2.42. The van der Waals surface area contributed by atoms with Crippen LogP contribution in [0.25, 0.3) is 0 Å². The van der Waals surface area contributed by atoms with Crippen LogP contribution >= 0.6 is 0 Å². The van der Waals surface area contributed by atoms with E-state index in [2.05, 4.69) is 23.4 Å². The highest BCUT2D eigenvalue weighted by Gasteiger charge is 2.05. The van der Waals surface area contributed by atoms with E-state index in [0.29, 0.717) is 6.21 Å². The third-order valence-electron chi connectivity index (χ3n) is 1.08. The van der Waals surface area contributed by atoms with Crippen LogP contribution in [0.2, 0.25) is 0 Å². The first-order chi connectivity index (χ1) is 6.97. The van der Waals surface area contributed by atoms with Crippen molar-refractivity contribution in [1.82, 2.24) is 9.73 Å². The van der Waals surface area contributed by atoms with Gasteiger partial charge in [-0.15, -0.1) is 0 Å². The summed E-state index contributed by atoms with van der Waals surface area (Å²) in [5.41, 5.74) is 0. The molecule has 0 aromatic carbocycles. The van der Waals surface area contributed by atoms with E-state index in [1.54, 1.807) is 0 Å². The summed E-state index contributed by atoms with van der Waals surface area (Å²) >= 11 is 0. The average molecular weight is 240 g/mol. The van der Waals surface area contributed by atoms with Crippen molar-refractivity contribution in [3.63, 3.8) is 0 Å². The average Bonchev–Trinajstić information content (AvgIpc) is 2.10. The molecule has 0 saturated heterocycles. The maximum absolute atomic E-state index is 11.8. The molecule has 0 aromatic rings. The molecule has 0 amide bonds. The van der Waals surface area contributed by atoms with Crippen molar-refractivity contribution in [2.75, 3.05) is 6.67 Å². The first kappa shape index (κ1) is 13.5. The van der Waals surface area contributed by atoms with Crippen LogP contribution in [0.1, 0.15) is 0 Å². The summed E-state index contributed by atoms with van der Waals surface area (Å²) in [4.78, 5) is 3.36. The number of aliphatic imine (C=N–C) groups is 1. The van der Waals surface area contributed by atoms with Crippen LogP contribution < -0.4 is 4.72 Å². The molecule has 0 saturated carbocycles. The van der Waals surface area contributed by atoms with Gasteiger partial charge in [-0.3, -0.25) is 9.71 Å². The number of hydrogen-bond donors (Lipinski definition) is 2. The Kier molecular flexibility index (Phi) is 6.18. The van der Waals surface area contributed by atoms with Gasteiger partial charge in [0.2, 0.25) is 10.9 Å². The fraction of sp³-hybridized carbons (Fsp3) is 0.333. The second kappa shape index (κ2) is 6.87. The second-order valence-electron chi connectivity index (χ2n) is 2.18. The van der Waals surface area contributed by atoms with Crippen LogP contribution in [-0.2, 0) is 10.9 Å². The number of thiol groups is 1. The summed E-state index contributed by atoms with van der Waals surface area (Å²) < 4.78 is 45.9. The molecule has 0 spiro atoms. The Balaban J connectivity index is 4.50. The Morgan fingerprint density at radius 2 is 2.20 bits per heavy atom. The minimum atomic E-state index is -2.92. The van der Waals surface area contributed by atoms with Gasteiger partial charge in [-0.25, -0.2) is 22.2 Å². The topological polar surface area (TPSA) is 74.1 Å². The van der Waals surface area contributed by atoms with Crippen LogP contribution in [0.15, 0.2) is 22.5 Å². The maximum atomic E-state index is 11.8. The number of nitrogens with zero attached hydrogens (tertiary/aromatic N) is 3. The van der Waals surface area contributed by atoms with E-state index >= 15 is 0 Å². The van der Waals surface area contributed by atoms with Gasteiger partial charge in [0.15, 0.2) is 0 Å². The lowest BCUT2D eigenvalue weighted by Gasteiger charge is -2.17. The Labute approximate surface area is 87.1 Å². The summed E-state index contributed by atoms with van der Waals surface area (Å²) in [7, 11) is -2.92. The second-order valence-corrected chi connectivity index (χ2v) is 2.92. The predicted octanol–water partition coefficient (Wildman–Crippen LogP) is -0.215. The standard InChI is InChI=1S/C6H10F2N4O2S/c1-5(11-15(13)14)12(4-9-2)10-3-6(7)8/h3,6,15H,1-2,4H2,(H,11,13,14)/b10-3+. The van der Waals surface area contributed by atoms with Gasteiger partial charge in [-0.1, -0.05) is 6.58 Å². The van der Waals surface area contributed by atoms with Crippen molar-refractivity contribution in [2.45, 2.75) is 6.43 Å². The largest absolute Gasteiger partial charge is 0.277 e. The number of nitrogens with one attached hydrogen (secondary N) is 1. The zero-order valence-corrected chi connectivity index (χ0v) is 8.53. The lowest BCUT2D eigenvalue weighted by molar-refractivity contribution is 0.227. The summed E-state index contributed by atoms with van der Waals surface area (Å²) in [5, 5.41) is 4.10. The Morgan fingerprint density at radius 3 is 2.60 bits per heavy atom. The molecule has 0 aliphatic heterocycles. The van der Waals surface area contributed by atoms with E-state index in [0.717, 1.165) is 5.01 Å². The van der Waals surface area contributed by atoms with E-state index in [-0.39, 0.29) is 12.5 Å². The van der Waals surface area contributed by atoms with E-state index in [9.17, 15) is 17.2 Å². The molecule has 0 unspecified atom stereocenters. The van der Waals surface area contributed by atoms with E-state index in [4.69, 9.17) is 0 Å². The van der Waals surface area contributed by atoms with Crippen molar-refractivity contribution in [1.29, 1.82) is 0 Å². The Bertz CT molecular complexity index is 321. The first-order valence-corrected chi connectivity index (χ1v) is 4.77. The minimum absolute atomic E-state index is 0.182. The van der Waals surface area contributed by atoms with Gasteiger partial charge in [0, 0.05) is 0 Å². The molecule has 6 nitrogen and oxygen atoms in total. The molecule has 0 atom stereocenters. The van der Waals surface area contributed by atoms with Crippen LogP contribution in [0.5, 0.6) is 0 Å². The van der Waals surface area contributed by atoms with Crippen molar-refractivity contribution in [3.8, 4) is 0 Å². The van der Waals surface area contributed by atoms with Crippen molar-refractivity contribution < 1.29 is 17.2 Å². The smallest absolute Gasteiger partial charge is 0.275 e. The first-order valence-electron chi connectivity index (χ1n) is 3.59. The lowest BCUT2D eigenvalue weighted by Crippen LogP contribution is -2.26. The highest BCUT2D eigenvalue weighted by molar-refractivity contribution is 7.70. The zero-order chi connectivity index (χ0) is 11.8. The van der Waals surface area contributed by atoms with Gasteiger partial charge in [-0.2, -0.15) is 5.10 Å².